The summed E-state index contributed by atoms with van der Waals surface area (Å²) in [6, 6.07) is 0.472. The van der Waals surface area contributed by atoms with Crippen LogP contribution in [0.3, 0.4) is 0 Å². The molecule has 0 aliphatic carbocycles. The summed E-state index contributed by atoms with van der Waals surface area (Å²) in [5.41, 5.74) is -0.846. The molecule has 1 unspecified atom stereocenters. The number of rotatable bonds is 6. The van der Waals surface area contributed by atoms with Gasteiger partial charge < -0.3 is 10.6 Å². The third kappa shape index (κ3) is 7.18. The summed E-state index contributed by atoms with van der Waals surface area (Å²) in [5.74, 6) is 0.618. The van der Waals surface area contributed by atoms with Crippen molar-refractivity contribution in [3.63, 3.8) is 0 Å². The van der Waals surface area contributed by atoms with Gasteiger partial charge in [-0.15, -0.1) is 35.3 Å². The zero-order valence-electron chi connectivity index (χ0n) is 15.1. The van der Waals surface area contributed by atoms with Gasteiger partial charge in [-0.25, -0.2) is 9.98 Å². The van der Waals surface area contributed by atoms with E-state index in [0.29, 0.717) is 23.6 Å². The Morgan fingerprint density at radius 3 is 2.73 bits per heavy atom. The number of likely N-dealkylation sites (tertiary alicyclic amines) is 1. The average molecular weight is 505 g/mol. The SMILES string of the molecule is CCNC(=NCc1nc(C(F)(F)F)cs1)NCC1CCCCN1CC.I. The first kappa shape index (κ1) is 23.4. The Kier molecular flexibility index (Phi) is 10.2. The first-order chi connectivity index (χ1) is 11.9. The Bertz CT molecular complexity index is 564. The molecule has 1 aliphatic heterocycles. The van der Waals surface area contributed by atoms with E-state index in [4.69, 9.17) is 0 Å². The van der Waals surface area contributed by atoms with Gasteiger partial charge in [0.05, 0.1) is 6.54 Å². The van der Waals surface area contributed by atoms with Crippen molar-refractivity contribution >= 4 is 41.3 Å². The summed E-state index contributed by atoms with van der Waals surface area (Å²) in [5, 5.41) is 7.84. The zero-order chi connectivity index (χ0) is 18.3. The second kappa shape index (κ2) is 11.3. The van der Waals surface area contributed by atoms with Gasteiger partial charge in [-0.1, -0.05) is 13.3 Å². The molecule has 0 amide bonds. The third-order valence-corrected chi connectivity index (χ3v) is 5.05. The fourth-order valence-corrected chi connectivity index (χ4v) is 3.65. The molecule has 1 fully saturated rings. The molecule has 1 aromatic heterocycles. The standard InChI is InChI=1S/C16H26F3N5S.HI/c1-3-20-15(21-9-12-7-5-6-8-24(12)4-2)22-10-14-23-13(11-25-14)16(17,18)19;/h11-12H,3-10H2,1-2H3,(H2,20,21,22);1H. The molecule has 1 saturated heterocycles. The number of halogens is 4. The fraction of sp³-hybridized carbons (Fsp3) is 0.750. The van der Waals surface area contributed by atoms with Gasteiger partial charge in [0, 0.05) is 24.5 Å². The Morgan fingerprint density at radius 1 is 1.35 bits per heavy atom. The maximum absolute atomic E-state index is 12.6. The van der Waals surface area contributed by atoms with Crippen LogP contribution in [0.5, 0.6) is 0 Å². The van der Waals surface area contributed by atoms with Crippen LogP contribution in [0.4, 0.5) is 13.2 Å². The minimum Gasteiger partial charge on any atom is -0.357 e. The molecule has 26 heavy (non-hydrogen) atoms. The van der Waals surface area contributed by atoms with Gasteiger partial charge in [0.1, 0.15) is 5.01 Å². The van der Waals surface area contributed by atoms with Crippen molar-refractivity contribution in [3.8, 4) is 0 Å². The highest BCUT2D eigenvalue weighted by molar-refractivity contribution is 14.0. The van der Waals surface area contributed by atoms with E-state index in [-0.39, 0.29) is 30.5 Å². The van der Waals surface area contributed by atoms with Crippen LogP contribution in [0, 0.1) is 0 Å². The van der Waals surface area contributed by atoms with Crippen LogP contribution in [0.25, 0.3) is 0 Å². The summed E-state index contributed by atoms with van der Waals surface area (Å²) >= 11 is 0.985. The van der Waals surface area contributed by atoms with Gasteiger partial charge >= 0.3 is 6.18 Å². The lowest BCUT2D eigenvalue weighted by atomic mass is 10.0. The predicted octanol–water partition coefficient (Wildman–Crippen LogP) is 3.71. The monoisotopic (exact) mass is 505 g/mol. The zero-order valence-corrected chi connectivity index (χ0v) is 18.3. The van der Waals surface area contributed by atoms with E-state index in [2.05, 4.69) is 32.4 Å². The molecule has 10 heteroatoms. The number of aromatic nitrogens is 1. The van der Waals surface area contributed by atoms with Crippen molar-refractivity contribution in [1.82, 2.24) is 20.5 Å². The van der Waals surface area contributed by atoms with Crippen LogP contribution in [0.2, 0.25) is 0 Å². The van der Waals surface area contributed by atoms with Crippen LogP contribution >= 0.6 is 35.3 Å². The van der Waals surface area contributed by atoms with Crippen molar-refractivity contribution in [2.45, 2.75) is 51.9 Å². The first-order valence-corrected chi connectivity index (χ1v) is 9.59. The van der Waals surface area contributed by atoms with Crippen LogP contribution in [-0.4, -0.2) is 48.1 Å². The third-order valence-electron chi connectivity index (χ3n) is 4.22. The van der Waals surface area contributed by atoms with Crippen LogP contribution < -0.4 is 10.6 Å². The van der Waals surface area contributed by atoms with Gasteiger partial charge in [0.15, 0.2) is 11.7 Å². The number of aliphatic imine (C=N–C) groups is 1. The highest BCUT2D eigenvalue weighted by Crippen LogP contribution is 2.30. The van der Waals surface area contributed by atoms with Crippen molar-refractivity contribution in [2.75, 3.05) is 26.2 Å². The Balaban J connectivity index is 0.00000338. The lowest BCUT2D eigenvalue weighted by molar-refractivity contribution is -0.140. The normalized spacial score (nSPS) is 19.1. The summed E-state index contributed by atoms with van der Waals surface area (Å²) in [7, 11) is 0. The van der Waals surface area contributed by atoms with Gasteiger partial charge in [0.2, 0.25) is 0 Å². The van der Waals surface area contributed by atoms with Crippen LogP contribution in [-0.2, 0) is 12.7 Å². The summed E-state index contributed by atoms with van der Waals surface area (Å²) < 4.78 is 37.8. The number of likely N-dealkylation sites (N-methyl/N-ethyl adjacent to an activating group) is 1. The lowest BCUT2D eigenvalue weighted by Gasteiger charge is -2.35. The number of guanidine groups is 1. The molecule has 150 valence electrons. The summed E-state index contributed by atoms with van der Waals surface area (Å²) in [6.45, 7) is 7.89. The number of thiazole rings is 1. The molecular weight excluding hydrogens is 478 g/mol. The quantitative estimate of drug-likeness (QED) is 0.352. The van der Waals surface area contributed by atoms with E-state index in [1.54, 1.807) is 0 Å². The Hall–Kier alpha value is -0.620. The number of alkyl halides is 3. The highest BCUT2D eigenvalue weighted by atomic mass is 127. The van der Waals surface area contributed by atoms with Crippen molar-refractivity contribution in [3.05, 3.63) is 16.1 Å². The molecule has 2 rings (SSSR count). The van der Waals surface area contributed by atoms with Crippen LogP contribution in [0.1, 0.15) is 43.8 Å². The Morgan fingerprint density at radius 2 is 2.12 bits per heavy atom. The smallest absolute Gasteiger partial charge is 0.357 e. The van der Waals surface area contributed by atoms with E-state index in [1.807, 2.05) is 6.92 Å². The maximum Gasteiger partial charge on any atom is 0.434 e. The molecular formula is C16H27F3IN5S. The second-order valence-electron chi connectivity index (χ2n) is 5.98. The minimum atomic E-state index is -4.40. The number of hydrogen-bond acceptors (Lipinski definition) is 4. The van der Waals surface area contributed by atoms with Crippen molar-refractivity contribution < 1.29 is 13.2 Å². The number of piperidine rings is 1. The van der Waals surface area contributed by atoms with Gasteiger partial charge in [0.25, 0.3) is 0 Å². The van der Waals surface area contributed by atoms with Crippen molar-refractivity contribution in [1.29, 1.82) is 0 Å². The number of hydrogen-bond donors (Lipinski definition) is 2. The molecule has 1 aliphatic rings. The van der Waals surface area contributed by atoms with E-state index in [1.165, 1.54) is 12.8 Å². The molecule has 0 bridgehead atoms. The molecule has 0 radical (unpaired) electrons. The first-order valence-electron chi connectivity index (χ1n) is 8.71. The van der Waals surface area contributed by atoms with E-state index < -0.39 is 11.9 Å². The van der Waals surface area contributed by atoms with Gasteiger partial charge in [-0.05, 0) is 32.9 Å². The topological polar surface area (TPSA) is 52.6 Å². The van der Waals surface area contributed by atoms with Crippen LogP contribution in [0.15, 0.2) is 10.4 Å². The van der Waals surface area contributed by atoms with Crippen molar-refractivity contribution in [2.24, 2.45) is 4.99 Å². The lowest BCUT2D eigenvalue weighted by Crippen LogP contribution is -2.49. The average Bonchev–Trinajstić information content (AvgIpc) is 3.07. The summed E-state index contributed by atoms with van der Waals surface area (Å²) in [6.07, 6.45) is -0.770. The molecule has 5 nitrogen and oxygen atoms in total. The molecule has 1 aromatic rings. The maximum atomic E-state index is 12.6. The second-order valence-corrected chi connectivity index (χ2v) is 6.92. The van der Waals surface area contributed by atoms with Gasteiger partial charge in [-0.3, -0.25) is 4.90 Å². The molecule has 2 N–H and O–H groups in total. The van der Waals surface area contributed by atoms with Gasteiger partial charge in [-0.2, -0.15) is 13.2 Å². The van der Waals surface area contributed by atoms with E-state index in [0.717, 1.165) is 42.8 Å². The van der Waals surface area contributed by atoms with E-state index >= 15 is 0 Å². The largest absolute Gasteiger partial charge is 0.434 e. The molecule has 0 aromatic carbocycles. The minimum absolute atomic E-state index is 0. The number of nitrogens with one attached hydrogen (secondary N) is 2. The summed E-state index contributed by atoms with van der Waals surface area (Å²) in [4.78, 5) is 10.4. The fourth-order valence-electron chi connectivity index (χ4n) is 2.92. The molecule has 1 atom stereocenters. The highest BCUT2D eigenvalue weighted by Gasteiger charge is 2.33. The predicted molar refractivity (Wildman–Crippen MR) is 110 cm³/mol. The molecule has 0 spiro atoms. The molecule has 2 heterocycles. The van der Waals surface area contributed by atoms with E-state index in [9.17, 15) is 13.2 Å². The molecule has 0 saturated carbocycles. The Labute approximate surface area is 173 Å². The number of nitrogens with zero attached hydrogens (tertiary/aromatic N) is 3.